The van der Waals surface area contributed by atoms with Gasteiger partial charge in [0.05, 0.1) is 0 Å². The normalized spacial score (nSPS) is 25.0. The van der Waals surface area contributed by atoms with Crippen molar-refractivity contribution >= 4 is 5.97 Å². The second kappa shape index (κ2) is 7.25. The van der Waals surface area contributed by atoms with Gasteiger partial charge >= 0.3 is 5.97 Å². The summed E-state index contributed by atoms with van der Waals surface area (Å²) in [5.41, 5.74) is -0.771. The summed E-state index contributed by atoms with van der Waals surface area (Å²) in [6, 6.07) is 0.914. The Morgan fingerprint density at radius 3 is 2.63 bits per heavy atom. The Labute approximate surface area is 117 Å². The summed E-state index contributed by atoms with van der Waals surface area (Å²) in [5, 5.41) is 12.8. The van der Waals surface area contributed by atoms with Crippen molar-refractivity contribution in [3.05, 3.63) is 0 Å². The van der Waals surface area contributed by atoms with Gasteiger partial charge in [-0.15, -0.1) is 0 Å². The lowest BCUT2D eigenvalue weighted by molar-refractivity contribution is -0.145. The molecule has 0 bridgehead atoms. The first-order chi connectivity index (χ1) is 8.89. The van der Waals surface area contributed by atoms with Crippen molar-refractivity contribution in [1.82, 2.24) is 10.2 Å². The molecule has 0 aromatic heterocycles. The Morgan fingerprint density at radius 1 is 1.42 bits per heavy atom. The molecule has 1 rings (SSSR count). The molecule has 1 heterocycles. The van der Waals surface area contributed by atoms with Gasteiger partial charge in [-0.25, -0.2) is 0 Å². The highest BCUT2D eigenvalue weighted by molar-refractivity contribution is 5.78. The second-order valence-electron chi connectivity index (χ2n) is 6.29. The number of carboxylic acid groups (broad SMARTS) is 1. The molecule has 4 heteroatoms. The number of rotatable bonds is 6. The predicted molar refractivity (Wildman–Crippen MR) is 78.4 cm³/mol. The van der Waals surface area contributed by atoms with E-state index >= 15 is 0 Å². The van der Waals surface area contributed by atoms with Crippen LogP contribution in [0.5, 0.6) is 0 Å². The van der Waals surface area contributed by atoms with Crippen LogP contribution in [-0.2, 0) is 4.79 Å². The third-order valence-corrected chi connectivity index (χ3v) is 4.24. The van der Waals surface area contributed by atoms with Crippen LogP contribution in [0.15, 0.2) is 0 Å². The molecule has 1 aliphatic heterocycles. The van der Waals surface area contributed by atoms with Crippen LogP contribution >= 0.6 is 0 Å². The van der Waals surface area contributed by atoms with Crippen molar-refractivity contribution in [2.45, 2.75) is 77.4 Å². The van der Waals surface area contributed by atoms with E-state index in [2.05, 4.69) is 24.1 Å². The molecule has 2 atom stereocenters. The molecule has 112 valence electrons. The van der Waals surface area contributed by atoms with E-state index in [-0.39, 0.29) is 0 Å². The molecular weight excluding hydrogens is 240 g/mol. The van der Waals surface area contributed by atoms with Gasteiger partial charge in [0.25, 0.3) is 0 Å². The number of carbonyl (C=O) groups is 1. The highest BCUT2D eigenvalue weighted by atomic mass is 16.4. The van der Waals surface area contributed by atoms with Gasteiger partial charge in [-0.3, -0.25) is 10.1 Å². The van der Waals surface area contributed by atoms with Gasteiger partial charge in [0, 0.05) is 12.1 Å². The number of nitrogens with one attached hydrogen (secondary N) is 1. The third-order valence-electron chi connectivity index (χ3n) is 4.24. The van der Waals surface area contributed by atoms with Gasteiger partial charge in [-0.2, -0.15) is 0 Å². The first-order valence-corrected chi connectivity index (χ1v) is 7.64. The van der Waals surface area contributed by atoms with Gasteiger partial charge < -0.3 is 10.0 Å². The standard InChI is InChI=1S/C15H30N2O2/c1-5-9-15(4,14(18)19)16-13-7-6-10-17(11-8-13)12(2)3/h12-13,16H,5-11H2,1-4H3,(H,18,19). The molecule has 4 nitrogen and oxygen atoms in total. The summed E-state index contributed by atoms with van der Waals surface area (Å²) in [4.78, 5) is 14.0. The van der Waals surface area contributed by atoms with Crippen molar-refractivity contribution in [2.24, 2.45) is 0 Å². The van der Waals surface area contributed by atoms with E-state index < -0.39 is 11.5 Å². The molecule has 0 aromatic carbocycles. The molecule has 0 saturated carbocycles. The molecule has 0 radical (unpaired) electrons. The van der Waals surface area contributed by atoms with Crippen molar-refractivity contribution in [1.29, 1.82) is 0 Å². The topological polar surface area (TPSA) is 52.6 Å². The molecule has 0 amide bonds. The lowest BCUT2D eigenvalue weighted by Crippen LogP contribution is -2.54. The Kier molecular flexibility index (Phi) is 6.27. The molecule has 0 aromatic rings. The van der Waals surface area contributed by atoms with Crippen molar-refractivity contribution in [3.63, 3.8) is 0 Å². The first kappa shape index (κ1) is 16.4. The second-order valence-corrected chi connectivity index (χ2v) is 6.29. The fourth-order valence-corrected chi connectivity index (χ4v) is 2.97. The maximum Gasteiger partial charge on any atom is 0.323 e. The van der Waals surface area contributed by atoms with E-state index in [4.69, 9.17) is 0 Å². The zero-order valence-electron chi connectivity index (χ0n) is 12.9. The molecule has 2 N–H and O–H groups in total. The van der Waals surface area contributed by atoms with Crippen LogP contribution in [0.25, 0.3) is 0 Å². The predicted octanol–water partition coefficient (Wildman–Crippen LogP) is 2.48. The number of nitrogens with zero attached hydrogens (tertiary/aromatic N) is 1. The fourth-order valence-electron chi connectivity index (χ4n) is 2.97. The quantitative estimate of drug-likeness (QED) is 0.778. The first-order valence-electron chi connectivity index (χ1n) is 7.64. The molecule has 1 fully saturated rings. The molecule has 2 unspecified atom stereocenters. The van der Waals surface area contributed by atoms with E-state index in [0.717, 1.165) is 38.8 Å². The summed E-state index contributed by atoms with van der Waals surface area (Å²) >= 11 is 0. The van der Waals surface area contributed by atoms with E-state index in [1.54, 1.807) is 0 Å². The molecule has 0 spiro atoms. The van der Waals surface area contributed by atoms with Gasteiger partial charge in [-0.1, -0.05) is 13.3 Å². The summed E-state index contributed by atoms with van der Waals surface area (Å²) < 4.78 is 0. The van der Waals surface area contributed by atoms with Crippen molar-refractivity contribution in [3.8, 4) is 0 Å². The summed E-state index contributed by atoms with van der Waals surface area (Å²) in [5.74, 6) is -0.723. The van der Waals surface area contributed by atoms with Crippen LogP contribution in [0.4, 0.5) is 0 Å². The van der Waals surface area contributed by atoms with Gasteiger partial charge in [0.15, 0.2) is 0 Å². The maximum atomic E-state index is 11.5. The zero-order chi connectivity index (χ0) is 14.5. The lowest BCUT2D eigenvalue weighted by atomic mass is 9.93. The zero-order valence-corrected chi connectivity index (χ0v) is 12.9. The monoisotopic (exact) mass is 270 g/mol. The fraction of sp³-hybridized carbons (Fsp3) is 0.933. The number of carboxylic acids is 1. The summed E-state index contributed by atoms with van der Waals surface area (Å²) in [7, 11) is 0. The van der Waals surface area contributed by atoms with Gasteiger partial charge in [0.1, 0.15) is 5.54 Å². The molecule has 1 aliphatic rings. The Balaban J connectivity index is 2.58. The molecule has 0 aliphatic carbocycles. The van der Waals surface area contributed by atoms with E-state index in [0.29, 0.717) is 18.5 Å². The minimum absolute atomic E-state index is 0.330. The van der Waals surface area contributed by atoms with E-state index in [1.807, 2.05) is 13.8 Å². The van der Waals surface area contributed by atoms with Crippen LogP contribution in [-0.4, -0.2) is 46.7 Å². The number of aliphatic carboxylic acids is 1. The van der Waals surface area contributed by atoms with Crippen molar-refractivity contribution in [2.75, 3.05) is 13.1 Å². The molecular formula is C15H30N2O2. The molecule has 19 heavy (non-hydrogen) atoms. The third kappa shape index (κ3) is 4.77. The number of hydrogen-bond acceptors (Lipinski definition) is 3. The Morgan fingerprint density at radius 2 is 2.11 bits per heavy atom. The minimum Gasteiger partial charge on any atom is -0.480 e. The van der Waals surface area contributed by atoms with E-state index in [9.17, 15) is 9.90 Å². The van der Waals surface area contributed by atoms with Crippen molar-refractivity contribution < 1.29 is 9.90 Å². The smallest absolute Gasteiger partial charge is 0.323 e. The Bertz CT molecular complexity index is 294. The summed E-state index contributed by atoms with van der Waals surface area (Å²) in [6.07, 6.45) is 4.85. The maximum absolute atomic E-state index is 11.5. The van der Waals surface area contributed by atoms with Gasteiger partial charge in [0.2, 0.25) is 0 Å². The van der Waals surface area contributed by atoms with Crippen LogP contribution in [0, 0.1) is 0 Å². The highest BCUT2D eigenvalue weighted by Crippen LogP contribution is 2.19. The Hall–Kier alpha value is -0.610. The minimum atomic E-state index is -0.771. The number of hydrogen-bond donors (Lipinski definition) is 2. The highest BCUT2D eigenvalue weighted by Gasteiger charge is 2.34. The van der Waals surface area contributed by atoms with Crippen LogP contribution < -0.4 is 5.32 Å². The van der Waals surface area contributed by atoms with Gasteiger partial charge in [-0.05, 0) is 59.5 Å². The van der Waals surface area contributed by atoms with E-state index in [1.165, 1.54) is 0 Å². The average molecular weight is 270 g/mol. The molecule has 1 saturated heterocycles. The van der Waals surface area contributed by atoms with Crippen LogP contribution in [0.2, 0.25) is 0 Å². The van der Waals surface area contributed by atoms with Crippen LogP contribution in [0.1, 0.15) is 59.8 Å². The van der Waals surface area contributed by atoms with Crippen LogP contribution in [0.3, 0.4) is 0 Å². The summed E-state index contributed by atoms with van der Waals surface area (Å²) in [6.45, 7) is 10.5. The average Bonchev–Trinajstić information content (AvgIpc) is 2.54. The number of likely N-dealkylation sites (tertiary alicyclic amines) is 1. The lowest BCUT2D eigenvalue weighted by Gasteiger charge is -2.31. The largest absolute Gasteiger partial charge is 0.480 e. The SMILES string of the molecule is CCCC(C)(NC1CCCN(C(C)C)CC1)C(=O)O.